The fourth-order valence-electron chi connectivity index (χ4n) is 2.33. The van der Waals surface area contributed by atoms with Crippen molar-refractivity contribution in [2.75, 3.05) is 0 Å². The molecule has 92 valence electrons. The van der Waals surface area contributed by atoms with Gasteiger partial charge in [-0.15, -0.1) is 0 Å². The van der Waals surface area contributed by atoms with E-state index in [0.717, 1.165) is 10.9 Å². The van der Waals surface area contributed by atoms with E-state index < -0.39 is 0 Å². The Morgan fingerprint density at radius 2 is 1.89 bits per heavy atom. The zero-order valence-electron chi connectivity index (χ0n) is 10.5. The zero-order chi connectivity index (χ0) is 12.5. The summed E-state index contributed by atoms with van der Waals surface area (Å²) in [6, 6.07) is 14.3. The van der Waals surface area contributed by atoms with E-state index in [4.69, 9.17) is 0 Å². The maximum absolute atomic E-state index is 12.1. The maximum atomic E-state index is 12.1. The van der Waals surface area contributed by atoms with Crippen LogP contribution in [0.5, 0.6) is 0 Å². The highest BCUT2D eigenvalue weighted by molar-refractivity contribution is 5.98. The zero-order valence-corrected chi connectivity index (χ0v) is 10.5. The van der Waals surface area contributed by atoms with E-state index in [1.165, 1.54) is 18.2 Å². The predicted molar refractivity (Wildman–Crippen MR) is 73.6 cm³/mol. The molecule has 18 heavy (non-hydrogen) atoms. The molecule has 0 aliphatic heterocycles. The molecule has 2 aromatic rings. The summed E-state index contributed by atoms with van der Waals surface area (Å²) in [5, 5.41) is 5.37. The molecule has 0 spiro atoms. The molecule has 1 amide bonds. The van der Waals surface area contributed by atoms with E-state index in [1.54, 1.807) is 0 Å². The fraction of sp³-hybridized carbons (Fsp3) is 0.312. The number of carbonyl (C=O) groups excluding carboxylic acids is 1. The van der Waals surface area contributed by atoms with Gasteiger partial charge in [-0.2, -0.15) is 0 Å². The van der Waals surface area contributed by atoms with Gasteiger partial charge in [0, 0.05) is 11.6 Å². The normalized spacial score (nSPS) is 16.5. The summed E-state index contributed by atoms with van der Waals surface area (Å²) in [5.41, 5.74) is 0.751. The Hall–Kier alpha value is -1.83. The summed E-state index contributed by atoms with van der Waals surface area (Å²) < 4.78 is 0. The lowest BCUT2D eigenvalue weighted by Crippen LogP contribution is -2.33. The van der Waals surface area contributed by atoms with Gasteiger partial charge in [-0.25, -0.2) is 0 Å². The molecule has 2 nitrogen and oxygen atoms in total. The number of rotatable bonds is 3. The van der Waals surface area contributed by atoms with Gasteiger partial charge in [-0.05, 0) is 48.6 Å². The summed E-state index contributed by atoms with van der Waals surface area (Å²) in [7, 11) is 0. The monoisotopic (exact) mass is 239 g/mol. The van der Waals surface area contributed by atoms with Crippen molar-refractivity contribution in [1.29, 1.82) is 0 Å². The topological polar surface area (TPSA) is 29.1 Å². The number of hydrogen-bond donors (Lipinski definition) is 1. The summed E-state index contributed by atoms with van der Waals surface area (Å²) in [5.74, 6) is 0.731. The first kappa shape index (κ1) is 11.3. The van der Waals surface area contributed by atoms with Crippen LogP contribution in [0.1, 0.15) is 30.1 Å². The van der Waals surface area contributed by atoms with E-state index in [1.807, 2.05) is 36.4 Å². The second-order valence-electron chi connectivity index (χ2n) is 5.16. The highest BCUT2D eigenvalue weighted by atomic mass is 16.1. The number of fused-ring (bicyclic) bond motifs is 1. The van der Waals surface area contributed by atoms with Crippen LogP contribution in [0.2, 0.25) is 0 Å². The molecule has 0 aromatic heterocycles. The first-order chi connectivity index (χ1) is 8.74. The molecule has 0 heterocycles. The van der Waals surface area contributed by atoms with Crippen molar-refractivity contribution in [2.45, 2.75) is 25.8 Å². The Kier molecular flexibility index (Phi) is 2.78. The lowest BCUT2D eigenvalue weighted by atomic mass is 10.1. The second kappa shape index (κ2) is 4.45. The summed E-state index contributed by atoms with van der Waals surface area (Å²) in [6.07, 6.45) is 2.50. The third-order valence-corrected chi connectivity index (χ3v) is 3.70. The van der Waals surface area contributed by atoms with Crippen LogP contribution in [0.15, 0.2) is 42.5 Å². The third kappa shape index (κ3) is 2.23. The number of carbonyl (C=O) groups is 1. The molecule has 0 saturated heterocycles. The van der Waals surface area contributed by atoms with Gasteiger partial charge in [0.25, 0.3) is 5.91 Å². The van der Waals surface area contributed by atoms with Crippen molar-refractivity contribution in [3.05, 3.63) is 48.0 Å². The second-order valence-corrected chi connectivity index (χ2v) is 5.16. The molecule has 1 atom stereocenters. The molecule has 2 heteroatoms. The first-order valence-electron chi connectivity index (χ1n) is 6.54. The number of hydrogen-bond acceptors (Lipinski definition) is 1. The SMILES string of the molecule is CC(NC(=O)c1ccc2ccccc2c1)C1CC1. The van der Waals surface area contributed by atoms with Crippen molar-refractivity contribution < 1.29 is 4.79 Å². The van der Waals surface area contributed by atoms with Crippen LogP contribution in [0, 0.1) is 5.92 Å². The van der Waals surface area contributed by atoms with E-state index in [9.17, 15) is 4.79 Å². The van der Waals surface area contributed by atoms with E-state index >= 15 is 0 Å². The lowest BCUT2D eigenvalue weighted by Gasteiger charge is -2.13. The maximum Gasteiger partial charge on any atom is 0.251 e. The summed E-state index contributed by atoms with van der Waals surface area (Å²) in [6.45, 7) is 2.09. The minimum atomic E-state index is 0.0418. The van der Waals surface area contributed by atoms with Crippen LogP contribution in [-0.2, 0) is 0 Å². The number of benzene rings is 2. The Morgan fingerprint density at radius 3 is 2.61 bits per heavy atom. The molecule has 1 saturated carbocycles. The van der Waals surface area contributed by atoms with Crippen molar-refractivity contribution in [1.82, 2.24) is 5.32 Å². The van der Waals surface area contributed by atoms with Gasteiger partial charge >= 0.3 is 0 Å². The summed E-state index contributed by atoms with van der Waals surface area (Å²) >= 11 is 0. The standard InChI is InChI=1S/C16H17NO/c1-11(12-6-7-12)17-16(18)15-9-8-13-4-2-3-5-14(13)10-15/h2-5,8-12H,6-7H2,1H3,(H,17,18). The Balaban J connectivity index is 1.82. The largest absolute Gasteiger partial charge is 0.349 e. The molecule has 3 rings (SSSR count). The van der Waals surface area contributed by atoms with Crippen LogP contribution in [0.4, 0.5) is 0 Å². The van der Waals surface area contributed by atoms with Gasteiger partial charge < -0.3 is 5.32 Å². The molecular weight excluding hydrogens is 222 g/mol. The molecule has 1 unspecified atom stereocenters. The molecular formula is C16H17NO. The van der Waals surface area contributed by atoms with Gasteiger partial charge in [-0.1, -0.05) is 30.3 Å². The smallest absolute Gasteiger partial charge is 0.251 e. The number of amides is 1. The Morgan fingerprint density at radius 1 is 1.17 bits per heavy atom. The average Bonchev–Trinajstić information content (AvgIpc) is 3.22. The van der Waals surface area contributed by atoms with E-state index in [0.29, 0.717) is 12.0 Å². The van der Waals surface area contributed by atoms with Crippen LogP contribution in [0.25, 0.3) is 10.8 Å². The van der Waals surface area contributed by atoms with Crippen LogP contribution >= 0.6 is 0 Å². The molecule has 2 aromatic carbocycles. The van der Waals surface area contributed by atoms with E-state index in [2.05, 4.69) is 18.3 Å². The van der Waals surface area contributed by atoms with Gasteiger partial charge in [0.1, 0.15) is 0 Å². The minimum absolute atomic E-state index is 0.0418. The Labute approximate surface area is 107 Å². The van der Waals surface area contributed by atoms with Crippen molar-refractivity contribution >= 4 is 16.7 Å². The average molecular weight is 239 g/mol. The van der Waals surface area contributed by atoms with Gasteiger partial charge in [0.2, 0.25) is 0 Å². The lowest BCUT2D eigenvalue weighted by molar-refractivity contribution is 0.0936. The predicted octanol–water partition coefficient (Wildman–Crippen LogP) is 3.37. The minimum Gasteiger partial charge on any atom is -0.349 e. The van der Waals surface area contributed by atoms with Crippen molar-refractivity contribution in [3.8, 4) is 0 Å². The molecule has 1 fully saturated rings. The quantitative estimate of drug-likeness (QED) is 0.874. The van der Waals surface area contributed by atoms with Gasteiger partial charge in [0.15, 0.2) is 0 Å². The number of nitrogens with one attached hydrogen (secondary N) is 1. The molecule has 1 N–H and O–H groups in total. The fourth-order valence-corrected chi connectivity index (χ4v) is 2.33. The molecule has 0 bridgehead atoms. The molecule has 0 radical (unpaired) electrons. The molecule has 1 aliphatic rings. The third-order valence-electron chi connectivity index (χ3n) is 3.70. The highest BCUT2D eigenvalue weighted by Crippen LogP contribution is 2.32. The van der Waals surface area contributed by atoms with Crippen molar-refractivity contribution in [3.63, 3.8) is 0 Å². The van der Waals surface area contributed by atoms with E-state index in [-0.39, 0.29) is 5.91 Å². The highest BCUT2D eigenvalue weighted by Gasteiger charge is 2.29. The molecule has 1 aliphatic carbocycles. The van der Waals surface area contributed by atoms with Crippen LogP contribution in [-0.4, -0.2) is 11.9 Å². The Bertz CT molecular complexity index is 586. The van der Waals surface area contributed by atoms with Crippen LogP contribution in [0.3, 0.4) is 0 Å². The first-order valence-corrected chi connectivity index (χ1v) is 6.54. The van der Waals surface area contributed by atoms with Crippen LogP contribution < -0.4 is 5.32 Å². The van der Waals surface area contributed by atoms with Gasteiger partial charge in [0.05, 0.1) is 0 Å². The van der Waals surface area contributed by atoms with Crippen molar-refractivity contribution in [2.24, 2.45) is 5.92 Å². The summed E-state index contributed by atoms with van der Waals surface area (Å²) in [4.78, 5) is 12.1. The van der Waals surface area contributed by atoms with Gasteiger partial charge in [-0.3, -0.25) is 4.79 Å².